The van der Waals surface area contributed by atoms with E-state index in [1.807, 2.05) is 0 Å². The van der Waals surface area contributed by atoms with Crippen LogP contribution in [0.1, 0.15) is 5.56 Å². The predicted molar refractivity (Wildman–Crippen MR) is 88.2 cm³/mol. The number of rotatable bonds is 4. The van der Waals surface area contributed by atoms with Crippen molar-refractivity contribution < 1.29 is 31.1 Å². The average Bonchev–Trinajstić information content (AvgIpc) is 2.87. The molecule has 0 bridgehead atoms. The molecule has 1 aromatic carbocycles. The van der Waals surface area contributed by atoms with Crippen molar-refractivity contribution >= 4 is 9.84 Å². The normalized spacial score (nSPS) is 12.3. The van der Waals surface area contributed by atoms with Gasteiger partial charge in [0.2, 0.25) is 11.8 Å². The van der Waals surface area contributed by atoms with Gasteiger partial charge in [-0.25, -0.2) is 22.8 Å². The van der Waals surface area contributed by atoms with E-state index >= 15 is 0 Å². The van der Waals surface area contributed by atoms with Crippen LogP contribution in [0.25, 0.3) is 5.69 Å². The highest BCUT2D eigenvalue weighted by Crippen LogP contribution is 2.30. The SMILES string of the molecule is O=c1n(Cc2ccnc(F)c2)cc(O)n1-c1ccc(S(=O)(=O)C(F)(F)F)cc1. The second kappa shape index (κ2) is 6.78. The van der Waals surface area contributed by atoms with Gasteiger partial charge < -0.3 is 5.11 Å². The summed E-state index contributed by atoms with van der Waals surface area (Å²) >= 11 is 0. The van der Waals surface area contributed by atoms with Gasteiger partial charge in [-0.15, -0.1) is 0 Å². The molecule has 0 saturated carbocycles. The lowest BCUT2D eigenvalue weighted by atomic mass is 10.3. The summed E-state index contributed by atoms with van der Waals surface area (Å²) in [5.41, 5.74) is -5.89. The minimum Gasteiger partial charge on any atom is -0.493 e. The summed E-state index contributed by atoms with van der Waals surface area (Å²) in [4.78, 5) is 14.9. The number of nitrogens with zero attached hydrogens (tertiary/aromatic N) is 3. The Bertz CT molecular complexity index is 1180. The molecule has 3 aromatic rings. The van der Waals surface area contributed by atoms with Crippen LogP contribution in [0.3, 0.4) is 0 Å². The first-order valence-corrected chi connectivity index (χ1v) is 9.02. The highest BCUT2D eigenvalue weighted by atomic mass is 32.2. The zero-order valence-corrected chi connectivity index (χ0v) is 14.6. The van der Waals surface area contributed by atoms with Crippen molar-refractivity contribution in [2.24, 2.45) is 0 Å². The molecule has 0 fully saturated rings. The minimum atomic E-state index is -5.53. The summed E-state index contributed by atoms with van der Waals surface area (Å²) in [5.74, 6) is -1.29. The molecule has 0 unspecified atom stereocenters. The van der Waals surface area contributed by atoms with E-state index in [0.29, 0.717) is 17.7 Å². The summed E-state index contributed by atoms with van der Waals surface area (Å²) in [6.45, 7) is -0.0978. The summed E-state index contributed by atoms with van der Waals surface area (Å²) in [6.07, 6.45) is 2.26. The average molecular weight is 417 g/mol. The summed E-state index contributed by atoms with van der Waals surface area (Å²) in [6, 6.07) is 5.82. The van der Waals surface area contributed by atoms with Crippen molar-refractivity contribution in [2.45, 2.75) is 16.9 Å². The van der Waals surface area contributed by atoms with Gasteiger partial charge in [0.05, 0.1) is 23.3 Å². The molecule has 7 nitrogen and oxygen atoms in total. The van der Waals surface area contributed by atoms with E-state index in [0.717, 1.165) is 33.5 Å². The van der Waals surface area contributed by atoms with E-state index in [1.165, 1.54) is 12.3 Å². The Morgan fingerprint density at radius 3 is 2.32 bits per heavy atom. The molecule has 0 spiro atoms. The molecule has 0 aliphatic carbocycles. The molecule has 148 valence electrons. The van der Waals surface area contributed by atoms with Crippen LogP contribution in [0.15, 0.2) is 58.5 Å². The molecule has 1 N–H and O–H groups in total. The Balaban J connectivity index is 1.97. The molecule has 12 heteroatoms. The second-order valence-corrected chi connectivity index (χ2v) is 7.60. The van der Waals surface area contributed by atoms with Crippen LogP contribution in [-0.4, -0.2) is 33.2 Å². The molecular formula is C16H11F4N3O4S. The molecule has 2 aromatic heterocycles. The maximum absolute atomic E-state index is 13.2. The third-order valence-electron chi connectivity index (χ3n) is 3.79. The van der Waals surface area contributed by atoms with Crippen molar-refractivity contribution in [2.75, 3.05) is 0 Å². The molecule has 2 heterocycles. The van der Waals surface area contributed by atoms with Crippen molar-refractivity contribution in [3.05, 3.63) is 70.8 Å². The number of imidazole rings is 1. The first-order chi connectivity index (χ1) is 13.0. The van der Waals surface area contributed by atoms with Gasteiger partial charge in [0.15, 0.2) is 0 Å². The highest BCUT2D eigenvalue weighted by molar-refractivity contribution is 7.92. The van der Waals surface area contributed by atoms with Crippen LogP contribution in [0.5, 0.6) is 5.88 Å². The first kappa shape index (κ1) is 19.6. The maximum atomic E-state index is 13.2. The monoisotopic (exact) mass is 417 g/mol. The van der Waals surface area contributed by atoms with Gasteiger partial charge in [-0.3, -0.25) is 4.57 Å². The fraction of sp³-hybridized carbons (Fsp3) is 0.125. The van der Waals surface area contributed by atoms with Crippen LogP contribution in [0.2, 0.25) is 0 Å². The third kappa shape index (κ3) is 3.50. The molecule has 0 amide bonds. The lowest BCUT2D eigenvalue weighted by molar-refractivity contribution is -0.0436. The van der Waals surface area contributed by atoms with E-state index in [4.69, 9.17) is 0 Å². The van der Waals surface area contributed by atoms with E-state index in [1.54, 1.807) is 0 Å². The molecule has 28 heavy (non-hydrogen) atoms. The quantitative estimate of drug-likeness (QED) is 0.519. The number of aromatic hydroxyl groups is 1. The molecule has 3 rings (SSSR count). The molecule has 0 saturated heterocycles. The lowest BCUT2D eigenvalue weighted by Crippen LogP contribution is -2.24. The van der Waals surface area contributed by atoms with Gasteiger partial charge in [-0.1, -0.05) is 0 Å². The highest BCUT2D eigenvalue weighted by Gasteiger charge is 2.46. The summed E-state index contributed by atoms with van der Waals surface area (Å²) in [5, 5.41) is 10.0. The van der Waals surface area contributed by atoms with Crippen LogP contribution in [0.4, 0.5) is 17.6 Å². The second-order valence-electron chi connectivity index (χ2n) is 5.66. The van der Waals surface area contributed by atoms with Crippen molar-refractivity contribution in [1.29, 1.82) is 0 Å². The van der Waals surface area contributed by atoms with Gasteiger partial charge in [-0.05, 0) is 42.0 Å². The van der Waals surface area contributed by atoms with Crippen molar-refractivity contribution in [3.8, 4) is 11.6 Å². The zero-order chi connectivity index (χ0) is 20.7. The summed E-state index contributed by atoms with van der Waals surface area (Å²) < 4.78 is 75.5. The third-order valence-corrected chi connectivity index (χ3v) is 5.29. The number of aromatic nitrogens is 3. The van der Waals surface area contributed by atoms with Crippen molar-refractivity contribution in [1.82, 2.24) is 14.1 Å². The largest absolute Gasteiger partial charge is 0.501 e. The van der Waals surface area contributed by atoms with Crippen LogP contribution in [0, 0.1) is 5.95 Å². The number of alkyl halides is 3. The Morgan fingerprint density at radius 2 is 1.75 bits per heavy atom. The van der Waals surface area contributed by atoms with Crippen molar-refractivity contribution in [3.63, 3.8) is 0 Å². The molecule has 0 atom stereocenters. The Kier molecular flexibility index (Phi) is 4.75. The Labute approximate surface area is 155 Å². The fourth-order valence-electron chi connectivity index (χ4n) is 2.48. The minimum absolute atomic E-state index is 0.0525. The van der Waals surface area contributed by atoms with Gasteiger partial charge in [0.25, 0.3) is 9.84 Å². The van der Waals surface area contributed by atoms with Gasteiger partial charge in [-0.2, -0.15) is 17.6 Å². The van der Waals surface area contributed by atoms with Gasteiger partial charge in [0, 0.05) is 6.20 Å². The number of sulfone groups is 1. The Hall–Kier alpha value is -3.15. The van der Waals surface area contributed by atoms with E-state index < -0.39 is 37.8 Å². The van der Waals surface area contributed by atoms with Crippen LogP contribution < -0.4 is 5.69 Å². The smallest absolute Gasteiger partial charge is 0.493 e. The van der Waals surface area contributed by atoms with Crippen LogP contribution in [-0.2, 0) is 16.4 Å². The van der Waals surface area contributed by atoms with E-state index in [-0.39, 0.29) is 12.2 Å². The Morgan fingerprint density at radius 1 is 1.11 bits per heavy atom. The number of benzene rings is 1. The predicted octanol–water partition coefficient (Wildman–Crippen LogP) is 2.22. The molecule has 0 radical (unpaired) electrons. The first-order valence-electron chi connectivity index (χ1n) is 7.54. The topological polar surface area (TPSA) is 94.2 Å². The van der Waals surface area contributed by atoms with Crippen LogP contribution >= 0.6 is 0 Å². The number of pyridine rings is 1. The number of hydrogen-bond donors (Lipinski definition) is 1. The van der Waals surface area contributed by atoms with E-state index in [2.05, 4.69) is 4.98 Å². The lowest BCUT2D eigenvalue weighted by Gasteiger charge is -2.09. The molecule has 0 aliphatic rings. The molecule has 0 aliphatic heterocycles. The summed E-state index contributed by atoms with van der Waals surface area (Å²) in [7, 11) is -5.53. The zero-order valence-electron chi connectivity index (χ0n) is 13.8. The fourth-order valence-corrected chi connectivity index (χ4v) is 3.24. The number of halogens is 4. The number of hydrogen-bond acceptors (Lipinski definition) is 5. The van der Waals surface area contributed by atoms with E-state index in [9.17, 15) is 35.9 Å². The molecular weight excluding hydrogens is 406 g/mol. The maximum Gasteiger partial charge on any atom is 0.501 e. The van der Waals surface area contributed by atoms with Gasteiger partial charge in [0.1, 0.15) is 0 Å². The van der Waals surface area contributed by atoms with Gasteiger partial charge >= 0.3 is 11.2 Å². The standard InChI is InChI=1S/C16H11F4N3O4S/c17-13-7-10(5-6-21-13)8-22-9-14(24)23(15(22)25)11-1-3-12(4-2-11)28(26,27)16(18,19)20/h1-7,9,24H,8H2.